The van der Waals surface area contributed by atoms with Gasteiger partial charge in [0.2, 0.25) is 10.0 Å². The number of sulfonamides is 1. The van der Waals surface area contributed by atoms with E-state index in [0.29, 0.717) is 12.4 Å². The maximum Gasteiger partial charge on any atom is 0.247 e. The van der Waals surface area contributed by atoms with Crippen molar-refractivity contribution in [3.63, 3.8) is 0 Å². The molecule has 1 aromatic heterocycles. The average Bonchev–Trinajstić information content (AvgIpc) is 3.21. The van der Waals surface area contributed by atoms with Crippen molar-refractivity contribution in [1.82, 2.24) is 9.29 Å². The Hall–Kier alpha value is -1.18. The van der Waals surface area contributed by atoms with Crippen LogP contribution >= 0.6 is 0 Å². The van der Waals surface area contributed by atoms with Gasteiger partial charge in [-0.15, -0.1) is 0 Å². The van der Waals surface area contributed by atoms with Gasteiger partial charge in [-0.2, -0.15) is 4.31 Å². The van der Waals surface area contributed by atoms with E-state index < -0.39 is 10.0 Å². The zero-order valence-electron chi connectivity index (χ0n) is 10.9. The van der Waals surface area contributed by atoms with Crippen molar-refractivity contribution < 1.29 is 13.5 Å². The lowest BCUT2D eigenvalue weighted by Gasteiger charge is -2.22. The lowest BCUT2D eigenvalue weighted by molar-refractivity contribution is 0.250. The average molecular weight is 285 g/mol. The molecule has 2 rings (SSSR count). The Morgan fingerprint density at radius 3 is 2.84 bits per heavy atom. The van der Waals surface area contributed by atoms with Crippen LogP contribution in [0.1, 0.15) is 19.8 Å². The van der Waals surface area contributed by atoms with E-state index in [4.69, 9.17) is 5.11 Å². The van der Waals surface area contributed by atoms with E-state index in [1.165, 1.54) is 4.31 Å². The van der Waals surface area contributed by atoms with E-state index in [1.807, 2.05) is 6.92 Å². The Morgan fingerprint density at radius 2 is 2.26 bits per heavy atom. The molecule has 0 aromatic carbocycles. The normalized spacial score (nSPS) is 15.7. The predicted octanol–water partition coefficient (Wildman–Crippen LogP) is 0.659. The van der Waals surface area contributed by atoms with Crippen LogP contribution in [0.15, 0.2) is 23.2 Å². The van der Waals surface area contributed by atoms with Crippen molar-refractivity contribution in [3.05, 3.63) is 18.3 Å². The van der Waals surface area contributed by atoms with Gasteiger partial charge in [-0.05, 0) is 31.9 Å². The van der Waals surface area contributed by atoms with Gasteiger partial charge in [0, 0.05) is 25.3 Å². The first kappa shape index (κ1) is 14.2. The van der Waals surface area contributed by atoms with Gasteiger partial charge in [-0.1, -0.05) is 0 Å². The van der Waals surface area contributed by atoms with Crippen LogP contribution in [0.5, 0.6) is 0 Å². The van der Waals surface area contributed by atoms with Crippen molar-refractivity contribution in [3.8, 4) is 0 Å². The van der Waals surface area contributed by atoms with E-state index in [0.717, 1.165) is 12.8 Å². The topological polar surface area (TPSA) is 82.5 Å². The molecule has 0 aliphatic heterocycles. The summed E-state index contributed by atoms with van der Waals surface area (Å²) in [5, 5.41) is 12.0. The second kappa shape index (κ2) is 5.85. The number of aliphatic hydroxyl groups is 1. The monoisotopic (exact) mass is 285 g/mol. The van der Waals surface area contributed by atoms with Crippen LogP contribution < -0.4 is 5.32 Å². The molecule has 1 aliphatic carbocycles. The zero-order chi connectivity index (χ0) is 13.9. The predicted molar refractivity (Wildman–Crippen MR) is 72.4 cm³/mol. The smallest absolute Gasteiger partial charge is 0.247 e. The summed E-state index contributed by atoms with van der Waals surface area (Å²) in [7, 11) is -3.60. The highest BCUT2D eigenvalue weighted by atomic mass is 32.2. The first-order chi connectivity index (χ1) is 9.11. The van der Waals surface area contributed by atoms with Gasteiger partial charge in [-0.3, -0.25) is 0 Å². The molecule has 2 N–H and O–H groups in total. The fourth-order valence-electron chi connectivity index (χ4n) is 1.99. The van der Waals surface area contributed by atoms with Crippen LogP contribution in [0.2, 0.25) is 0 Å². The summed E-state index contributed by atoms with van der Waals surface area (Å²) in [5.41, 5.74) is 0. The van der Waals surface area contributed by atoms with E-state index in [2.05, 4.69) is 10.3 Å². The number of nitrogens with zero attached hydrogens (tertiary/aromatic N) is 2. The fraction of sp³-hybridized carbons (Fsp3) is 0.583. The highest BCUT2D eigenvalue weighted by molar-refractivity contribution is 7.89. The summed E-state index contributed by atoms with van der Waals surface area (Å²) < 4.78 is 26.6. The molecule has 6 nitrogen and oxygen atoms in total. The lowest BCUT2D eigenvalue weighted by atomic mass is 10.4. The van der Waals surface area contributed by atoms with E-state index >= 15 is 0 Å². The number of rotatable bonds is 7. The zero-order valence-corrected chi connectivity index (χ0v) is 11.7. The van der Waals surface area contributed by atoms with Crippen LogP contribution in [-0.4, -0.2) is 48.6 Å². The molecule has 1 heterocycles. The minimum atomic E-state index is -3.60. The van der Waals surface area contributed by atoms with Crippen molar-refractivity contribution in [2.24, 2.45) is 0 Å². The fourth-order valence-corrected chi connectivity index (χ4v) is 3.78. The van der Waals surface area contributed by atoms with Crippen molar-refractivity contribution in [1.29, 1.82) is 0 Å². The molecule has 0 unspecified atom stereocenters. The van der Waals surface area contributed by atoms with Crippen LogP contribution in [0.4, 0.5) is 5.82 Å². The second-order valence-electron chi connectivity index (χ2n) is 4.45. The highest BCUT2D eigenvalue weighted by Gasteiger charge is 2.38. The number of pyridine rings is 1. The molecule has 0 atom stereocenters. The van der Waals surface area contributed by atoms with Gasteiger partial charge in [0.1, 0.15) is 10.7 Å². The molecule has 0 saturated heterocycles. The van der Waals surface area contributed by atoms with Crippen molar-refractivity contribution in [2.45, 2.75) is 30.7 Å². The molecule has 106 valence electrons. The van der Waals surface area contributed by atoms with Gasteiger partial charge in [0.05, 0.1) is 6.61 Å². The summed E-state index contributed by atoms with van der Waals surface area (Å²) in [6.45, 7) is 2.44. The standard InChI is InChI=1S/C12H19N3O3S/c1-2-13-12-11(4-3-7-14-12)19(17,18)15(8-9-16)10-5-6-10/h3-4,7,10,16H,2,5-6,8-9H2,1H3,(H,13,14). The van der Waals surface area contributed by atoms with Crippen LogP contribution in [0.25, 0.3) is 0 Å². The first-order valence-electron chi connectivity index (χ1n) is 6.42. The Morgan fingerprint density at radius 1 is 1.53 bits per heavy atom. The summed E-state index contributed by atoms with van der Waals surface area (Å²) in [4.78, 5) is 4.26. The van der Waals surface area contributed by atoms with Crippen molar-refractivity contribution >= 4 is 15.8 Å². The minimum absolute atomic E-state index is 0.0202. The van der Waals surface area contributed by atoms with Gasteiger partial charge in [0.25, 0.3) is 0 Å². The molecule has 0 bridgehead atoms. The maximum atomic E-state index is 12.6. The molecule has 1 aromatic rings. The van der Waals surface area contributed by atoms with Gasteiger partial charge in [-0.25, -0.2) is 13.4 Å². The number of anilines is 1. The Bertz CT molecular complexity index is 529. The molecule has 19 heavy (non-hydrogen) atoms. The molecule has 1 fully saturated rings. The Kier molecular flexibility index (Phi) is 4.38. The SMILES string of the molecule is CCNc1ncccc1S(=O)(=O)N(CCO)C1CC1. The molecule has 0 radical (unpaired) electrons. The minimum Gasteiger partial charge on any atom is -0.395 e. The molecule has 1 saturated carbocycles. The number of hydrogen-bond acceptors (Lipinski definition) is 5. The second-order valence-corrected chi connectivity index (χ2v) is 6.31. The third-order valence-electron chi connectivity index (χ3n) is 2.98. The van der Waals surface area contributed by atoms with Gasteiger partial charge in [0.15, 0.2) is 0 Å². The number of aliphatic hydroxyl groups excluding tert-OH is 1. The molecule has 1 aliphatic rings. The number of aromatic nitrogens is 1. The summed E-state index contributed by atoms with van der Waals surface area (Å²) >= 11 is 0. The first-order valence-corrected chi connectivity index (χ1v) is 7.87. The van der Waals surface area contributed by atoms with E-state index in [1.54, 1.807) is 18.3 Å². The summed E-state index contributed by atoms with van der Waals surface area (Å²) in [5.74, 6) is 0.369. The quantitative estimate of drug-likeness (QED) is 0.769. The molecular weight excluding hydrogens is 266 g/mol. The molecule has 7 heteroatoms. The van der Waals surface area contributed by atoms with Crippen LogP contribution in [0.3, 0.4) is 0 Å². The summed E-state index contributed by atoms with van der Waals surface area (Å²) in [6, 6.07) is 3.18. The van der Waals surface area contributed by atoms with Crippen LogP contribution in [0, 0.1) is 0 Å². The third kappa shape index (κ3) is 3.05. The Labute approximate surface area is 113 Å². The molecule has 0 spiro atoms. The number of nitrogens with one attached hydrogen (secondary N) is 1. The van der Waals surface area contributed by atoms with Gasteiger partial charge >= 0.3 is 0 Å². The molecule has 0 amide bonds. The van der Waals surface area contributed by atoms with E-state index in [-0.39, 0.29) is 24.1 Å². The van der Waals surface area contributed by atoms with Crippen LogP contribution in [-0.2, 0) is 10.0 Å². The van der Waals surface area contributed by atoms with Crippen molar-refractivity contribution in [2.75, 3.05) is 25.0 Å². The highest BCUT2D eigenvalue weighted by Crippen LogP contribution is 2.33. The third-order valence-corrected chi connectivity index (χ3v) is 4.96. The molecular formula is C12H19N3O3S. The summed E-state index contributed by atoms with van der Waals surface area (Å²) in [6.07, 6.45) is 3.27. The van der Waals surface area contributed by atoms with E-state index in [9.17, 15) is 8.42 Å². The maximum absolute atomic E-state index is 12.6. The number of hydrogen-bond donors (Lipinski definition) is 2. The van der Waals surface area contributed by atoms with Gasteiger partial charge < -0.3 is 10.4 Å². The largest absolute Gasteiger partial charge is 0.395 e. The Balaban J connectivity index is 2.37. The lowest BCUT2D eigenvalue weighted by Crippen LogP contribution is -2.36.